The summed E-state index contributed by atoms with van der Waals surface area (Å²) < 4.78 is 25.4. The molecule has 5 nitrogen and oxygen atoms in total. The Bertz CT molecular complexity index is 533. The van der Waals surface area contributed by atoms with Gasteiger partial charge in [-0.25, -0.2) is 8.42 Å². The van der Waals surface area contributed by atoms with Crippen molar-refractivity contribution in [3.8, 4) is 0 Å². The Hall–Kier alpha value is -0.880. The molecule has 1 unspecified atom stereocenters. The van der Waals surface area contributed by atoms with E-state index in [0.29, 0.717) is 13.0 Å². The van der Waals surface area contributed by atoms with Crippen molar-refractivity contribution in [1.82, 2.24) is 9.78 Å². The van der Waals surface area contributed by atoms with Crippen molar-refractivity contribution in [1.29, 1.82) is 0 Å². The number of nitrogens with zero attached hydrogens (tertiary/aromatic N) is 2. The number of rotatable bonds is 8. The summed E-state index contributed by atoms with van der Waals surface area (Å²) in [5.74, 6) is 0.331. The highest BCUT2D eigenvalue weighted by molar-refractivity contribution is 7.91. The number of aryl methyl sites for hydroxylation is 2. The van der Waals surface area contributed by atoms with Gasteiger partial charge in [0, 0.05) is 17.0 Å². The maximum absolute atomic E-state index is 11.8. The molecule has 0 fully saturated rings. The van der Waals surface area contributed by atoms with Gasteiger partial charge in [-0.2, -0.15) is 5.10 Å². The predicted molar refractivity (Wildman–Crippen MR) is 80.6 cm³/mol. The van der Waals surface area contributed by atoms with Crippen LogP contribution in [0.1, 0.15) is 57.2 Å². The van der Waals surface area contributed by atoms with Crippen LogP contribution in [0.25, 0.3) is 0 Å². The summed E-state index contributed by atoms with van der Waals surface area (Å²) in [5.41, 5.74) is 2.68. The van der Waals surface area contributed by atoms with Crippen LogP contribution in [0, 0.1) is 0 Å². The topological polar surface area (TPSA) is 72.2 Å². The summed E-state index contributed by atoms with van der Waals surface area (Å²) >= 11 is 0. The first-order valence-electron chi connectivity index (χ1n) is 7.33. The fourth-order valence-electron chi connectivity index (χ4n) is 2.51. The van der Waals surface area contributed by atoms with Crippen molar-refractivity contribution in [3.05, 3.63) is 17.0 Å². The Morgan fingerprint density at radius 2 is 1.85 bits per heavy atom. The first-order valence-corrected chi connectivity index (χ1v) is 9.15. The molecule has 0 aliphatic carbocycles. The van der Waals surface area contributed by atoms with Crippen LogP contribution in [-0.4, -0.2) is 34.8 Å². The van der Waals surface area contributed by atoms with Crippen molar-refractivity contribution in [2.24, 2.45) is 0 Å². The SMILES string of the molecule is CCCS(=O)(=O)CCn1nc(CC)c(C(C)O)c1CC. The lowest BCUT2D eigenvalue weighted by Gasteiger charge is -2.10. The quantitative estimate of drug-likeness (QED) is 0.796. The molecule has 0 amide bonds. The molecule has 1 heterocycles. The maximum atomic E-state index is 11.8. The fraction of sp³-hybridized carbons (Fsp3) is 0.786. The minimum absolute atomic E-state index is 0.109. The fourth-order valence-corrected chi connectivity index (χ4v) is 3.78. The van der Waals surface area contributed by atoms with E-state index in [4.69, 9.17) is 0 Å². The van der Waals surface area contributed by atoms with Crippen LogP contribution >= 0.6 is 0 Å². The summed E-state index contributed by atoms with van der Waals surface area (Å²) in [7, 11) is -3.01. The molecule has 0 radical (unpaired) electrons. The summed E-state index contributed by atoms with van der Waals surface area (Å²) in [5, 5.41) is 14.4. The highest BCUT2D eigenvalue weighted by Gasteiger charge is 2.20. The van der Waals surface area contributed by atoms with Gasteiger partial charge in [-0.05, 0) is 26.2 Å². The lowest BCUT2D eigenvalue weighted by Crippen LogP contribution is -2.18. The van der Waals surface area contributed by atoms with E-state index in [-0.39, 0.29) is 11.5 Å². The summed E-state index contributed by atoms with van der Waals surface area (Å²) in [6.45, 7) is 7.95. The molecule has 0 aromatic carbocycles. The van der Waals surface area contributed by atoms with Crippen LogP contribution in [-0.2, 0) is 29.2 Å². The van der Waals surface area contributed by atoms with Gasteiger partial charge >= 0.3 is 0 Å². The first kappa shape index (κ1) is 17.2. The number of sulfone groups is 1. The van der Waals surface area contributed by atoms with Gasteiger partial charge in [-0.15, -0.1) is 0 Å². The number of hydrogen-bond acceptors (Lipinski definition) is 4. The van der Waals surface area contributed by atoms with Gasteiger partial charge in [-0.1, -0.05) is 20.8 Å². The van der Waals surface area contributed by atoms with E-state index >= 15 is 0 Å². The van der Waals surface area contributed by atoms with Crippen molar-refractivity contribution in [2.75, 3.05) is 11.5 Å². The minimum atomic E-state index is -3.01. The zero-order chi connectivity index (χ0) is 15.3. The normalized spacial score (nSPS) is 13.7. The van der Waals surface area contributed by atoms with E-state index in [1.54, 1.807) is 11.6 Å². The van der Waals surface area contributed by atoms with Gasteiger partial charge in [0.2, 0.25) is 0 Å². The van der Waals surface area contributed by atoms with Gasteiger partial charge in [0.25, 0.3) is 0 Å². The lowest BCUT2D eigenvalue weighted by atomic mass is 10.0. The van der Waals surface area contributed by atoms with E-state index in [0.717, 1.165) is 29.8 Å². The first-order chi connectivity index (χ1) is 9.36. The molecule has 1 aromatic rings. The second-order valence-electron chi connectivity index (χ2n) is 5.07. The molecular formula is C14H26N2O3S. The monoisotopic (exact) mass is 302 g/mol. The van der Waals surface area contributed by atoms with Gasteiger partial charge < -0.3 is 5.11 Å². The molecule has 0 aliphatic rings. The summed E-state index contributed by atoms with van der Waals surface area (Å²) in [6, 6.07) is 0. The third-order valence-corrected chi connectivity index (χ3v) is 5.23. The van der Waals surface area contributed by atoms with E-state index < -0.39 is 15.9 Å². The van der Waals surface area contributed by atoms with Gasteiger partial charge in [0.15, 0.2) is 9.84 Å². The smallest absolute Gasteiger partial charge is 0.152 e. The van der Waals surface area contributed by atoms with Gasteiger partial charge in [0.1, 0.15) is 0 Å². The Kier molecular flexibility index (Phi) is 6.20. The number of aromatic nitrogens is 2. The van der Waals surface area contributed by atoms with Crippen molar-refractivity contribution in [2.45, 2.75) is 59.6 Å². The maximum Gasteiger partial charge on any atom is 0.152 e. The van der Waals surface area contributed by atoms with Crippen molar-refractivity contribution < 1.29 is 13.5 Å². The van der Waals surface area contributed by atoms with Crippen LogP contribution in [0.5, 0.6) is 0 Å². The van der Waals surface area contributed by atoms with Crippen LogP contribution in [0.4, 0.5) is 0 Å². The molecule has 0 bridgehead atoms. The molecule has 1 atom stereocenters. The second-order valence-corrected chi connectivity index (χ2v) is 7.37. The molecule has 0 aliphatic heterocycles. The van der Waals surface area contributed by atoms with Crippen LogP contribution < -0.4 is 0 Å². The molecule has 116 valence electrons. The van der Waals surface area contributed by atoms with E-state index in [1.807, 2.05) is 20.8 Å². The Morgan fingerprint density at radius 3 is 2.30 bits per heavy atom. The lowest BCUT2D eigenvalue weighted by molar-refractivity contribution is 0.197. The Morgan fingerprint density at radius 1 is 1.20 bits per heavy atom. The van der Waals surface area contributed by atoms with E-state index in [9.17, 15) is 13.5 Å². The highest BCUT2D eigenvalue weighted by Crippen LogP contribution is 2.23. The van der Waals surface area contributed by atoms with Gasteiger partial charge in [-0.3, -0.25) is 4.68 Å². The molecule has 6 heteroatoms. The minimum Gasteiger partial charge on any atom is -0.389 e. The highest BCUT2D eigenvalue weighted by atomic mass is 32.2. The van der Waals surface area contributed by atoms with Gasteiger partial charge in [0.05, 0.1) is 24.1 Å². The van der Waals surface area contributed by atoms with Crippen LogP contribution in [0.15, 0.2) is 0 Å². The molecule has 1 N–H and O–H groups in total. The Labute approximate surface area is 121 Å². The van der Waals surface area contributed by atoms with E-state index in [2.05, 4.69) is 5.10 Å². The van der Waals surface area contributed by atoms with Crippen LogP contribution in [0.2, 0.25) is 0 Å². The third kappa shape index (κ3) is 4.06. The molecule has 0 saturated heterocycles. The third-order valence-electron chi connectivity index (χ3n) is 3.39. The summed E-state index contributed by atoms with van der Waals surface area (Å²) in [6.07, 6.45) is 1.55. The Balaban J connectivity index is 3.01. The molecule has 0 spiro atoms. The average molecular weight is 302 g/mol. The van der Waals surface area contributed by atoms with E-state index in [1.165, 1.54) is 0 Å². The zero-order valence-corrected chi connectivity index (χ0v) is 13.7. The standard InChI is InChI=1S/C14H26N2O3S/c1-5-9-20(18,19)10-8-16-13(7-3)14(11(4)17)12(6-2)15-16/h11,17H,5-10H2,1-4H3. The zero-order valence-electron chi connectivity index (χ0n) is 12.9. The number of aliphatic hydroxyl groups excluding tert-OH is 1. The molecular weight excluding hydrogens is 276 g/mol. The number of hydrogen-bond donors (Lipinski definition) is 1. The molecule has 20 heavy (non-hydrogen) atoms. The molecule has 1 rings (SSSR count). The summed E-state index contributed by atoms with van der Waals surface area (Å²) in [4.78, 5) is 0. The van der Waals surface area contributed by atoms with Crippen molar-refractivity contribution >= 4 is 9.84 Å². The molecule has 0 saturated carbocycles. The second kappa shape index (κ2) is 7.22. The van der Waals surface area contributed by atoms with Crippen molar-refractivity contribution in [3.63, 3.8) is 0 Å². The largest absolute Gasteiger partial charge is 0.389 e. The number of aliphatic hydroxyl groups is 1. The molecule has 1 aromatic heterocycles. The predicted octanol–water partition coefficient (Wildman–Crippen LogP) is 1.89. The van der Waals surface area contributed by atoms with Crippen LogP contribution in [0.3, 0.4) is 0 Å². The average Bonchev–Trinajstić information content (AvgIpc) is 2.74.